The van der Waals surface area contributed by atoms with E-state index in [-0.39, 0.29) is 30.2 Å². The summed E-state index contributed by atoms with van der Waals surface area (Å²) in [6, 6.07) is 10.2. The van der Waals surface area contributed by atoms with Crippen molar-refractivity contribution in [3.63, 3.8) is 0 Å². The highest BCUT2D eigenvalue weighted by Crippen LogP contribution is 2.25. The first-order valence-corrected chi connectivity index (χ1v) is 9.69. The summed E-state index contributed by atoms with van der Waals surface area (Å²) >= 11 is 0. The van der Waals surface area contributed by atoms with Crippen LogP contribution in [0.25, 0.3) is 5.69 Å². The van der Waals surface area contributed by atoms with Gasteiger partial charge in [0.15, 0.2) is 0 Å². The van der Waals surface area contributed by atoms with Crippen molar-refractivity contribution in [2.24, 2.45) is 5.92 Å². The van der Waals surface area contributed by atoms with Crippen molar-refractivity contribution in [3.8, 4) is 5.69 Å². The van der Waals surface area contributed by atoms with Crippen molar-refractivity contribution in [1.29, 1.82) is 0 Å². The molecule has 0 saturated carbocycles. The minimum atomic E-state index is -3.68. The van der Waals surface area contributed by atoms with Crippen LogP contribution in [0, 0.1) is 5.92 Å². The van der Waals surface area contributed by atoms with Crippen molar-refractivity contribution in [3.05, 3.63) is 52.9 Å². The van der Waals surface area contributed by atoms with Crippen LogP contribution in [-0.4, -0.2) is 36.4 Å². The third-order valence-electron chi connectivity index (χ3n) is 3.74. The highest BCUT2D eigenvalue weighted by Gasteiger charge is 2.33. The normalized spacial score (nSPS) is 18.1. The van der Waals surface area contributed by atoms with Crippen molar-refractivity contribution in [1.82, 2.24) is 9.78 Å². The number of para-hydroxylation sites is 1. The smallest absolute Gasteiger partial charge is 0.273 e. The number of carbonyl (C=O) groups is 1. The lowest BCUT2D eigenvalue weighted by Crippen LogP contribution is -2.29. The third kappa shape index (κ3) is 3.65. The molecule has 9 heteroatoms. The maximum Gasteiger partial charge on any atom is 0.273 e. The van der Waals surface area contributed by atoms with E-state index in [0.29, 0.717) is 11.4 Å². The van der Waals surface area contributed by atoms with Crippen LogP contribution < -0.4 is 10.5 Å². The monoisotopic (exact) mass is 367 g/mol. The number of halogens is 1. The number of hydrogen-bond donors (Lipinski definition) is 0. The number of nitrogens with zero attached hydrogens (tertiary/aromatic N) is 3. The molecule has 1 unspecified atom stereocenters. The zero-order valence-corrected chi connectivity index (χ0v) is 14.1. The average Bonchev–Trinajstić information content (AvgIpc) is 2.86. The molecule has 24 heavy (non-hydrogen) atoms. The maximum atomic E-state index is 12.3. The Morgan fingerprint density at radius 2 is 1.88 bits per heavy atom. The third-order valence-corrected chi connectivity index (χ3v) is 4.99. The van der Waals surface area contributed by atoms with E-state index in [2.05, 4.69) is 5.10 Å². The van der Waals surface area contributed by atoms with Crippen LogP contribution in [0.2, 0.25) is 0 Å². The second-order valence-corrected chi connectivity index (χ2v) is 8.40. The molecule has 2 heterocycles. The lowest BCUT2D eigenvalue weighted by molar-refractivity contribution is -0.117. The molecule has 0 N–H and O–H groups in total. The molecule has 1 aliphatic heterocycles. The van der Waals surface area contributed by atoms with Gasteiger partial charge in [-0.25, -0.2) is 8.42 Å². The predicted molar refractivity (Wildman–Crippen MR) is 89.9 cm³/mol. The van der Waals surface area contributed by atoms with E-state index in [1.165, 1.54) is 21.8 Å². The molecule has 0 aliphatic carbocycles. The Labute approximate surface area is 142 Å². The van der Waals surface area contributed by atoms with E-state index in [0.717, 1.165) is 0 Å². The standard InChI is InChI=1S/C15H14ClN3O4S/c16-24(22,23)10-11-6-14(20)18(9-11)13-7-15(21)19(17-8-13)12-4-2-1-3-5-12/h1-5,7-8,11H,6,9-10H2. The number of carbonyl (C=O) groups excluding carboxylic acids is 1. The number of hydrogen-bond acceptors (Lipinski definition) is 5. The fraction of sp³-hybridized carbons (Fsp3) is 0.267. The van der Waals surface area contributed by atoms with Gasteiger partial charge in [0.1, 0.15) is 0 Å². The zero-order chi connectivity index (χ0) is 17.3. The summed E-state index contributed by atoms with van der Waals surface area (Å²) in [6.07, 6.45) is 1.50. The van der Waals surface area contributed by atoms with Crippen LogP contribution in [0.4, 0.5) is 5.69 Å². The Bertz CT molecular complexity index is 927. The Morgan fingerprint density at radius 3 is 2.50 bits per heavy atom. The summed E-state index contributed by atoms with van der Waals surface area (Å²) in [5.74, 6) is -0.916. The quantitative estimate of drug-likeness (QED) is 0.756. The molecule has 1 saturated heterocycles. The average molecular weight is 368 g/mol. The molecule has 3 rings (SSSR count). The molecule has 1 amide bonds. The minimum Gasteiger partial charge on any atom is -0.310 e. The molecule has 0 bridgehead atoms. The van der Waals surface area contributed by atoms with Gasteiger partial charge in [0.2, 0.25) is 15.0 Å². The van der Waals surface area contributed by atoms with E-state index < -0.39 is 15.0 Å². The van der Waals surface area contributed by atoms with Gasteiger partial charge < -0.3 is 4.90 Å². The second-order valence-electron chi connectivity index (χ2n) is 5.58. The van der Waals surface area contributed by atoms with Crippen LogP contribution in [0.5, 0.6) is 0 Å². The Balaban J connectivity index is 1.85. The predicted octanol–water partition coefficient (Wildman–Crippen LogP) is 1.15. The van der Waals surface area contributed by atoms with Gasteiger partial charge in [0.05, 0.1) is 23.3 Å². The van der Waals surface area contributed by atoms with Crippen molar-refractivity contribution < 1.29 is 13.2 Å². The van der Waals surface area contributed by atoms with Crippen molar-refractivity contribution in [2.75, 3.05) is 17.2 Å². The zero-order valence-electron chi connectivity index (χ0n) is 12.5. The molecule has 1 aliphatic rings. The van der Waals surface area contributed by atoms with E-state index in [1.807, 2.05) is 6.07 Å². The van der Waals surface area contributed by atoms with E-state index in [4.69, 9.17) is 10.7 Å². The molecule has 1 fully saturated rings. The molecule has 7 nitrogen and oxygen atoms in total. The summed E-state index contributed by atoms with van der Waals surface area (Å²) in [5, 5.41) is 4.09. The largest absolute Gasteiger partial charge is 0.310 e. The molecule has 1 aromatic carbocycles. The van der Waals surface area contributed by atoms with E-state index >= 15 is 0 Å². The van der Waals surface area contributed by atoms with Crippen LogP contribution >= 0.6 is 10.7 Å². The fourth-order valence-electron chi connectivity index (χ4n) is 2.73. The Kier molecular flexibility index (Phi) is 4.42. The molecular formula is C15H14ClN3O4S. The molecule has 0 spiro atoms. The topological polar surface area (TPSA) is 89.3 Å². The maximum absolute atomic E-state index is 12.3. The molecular weight excluding hydrogens is 354 g/mol. The summed E-state index contributed by atoms with van der Waals surface area (Å²) in [4.78, 5) is 25.7. The summed E-state index contributed by atoms with van der Waals surface area (Å²) < 4.78 is 23.6. The van der Waals surface area contributed by atoms with Crippen molar-refractivity contribution in [2.45, 2.75) is 6.42 Å². The summed E-state index contributed by atoms with van der Waals surface area (Å²) in [6.45, 7) is 0.196. The lowest BCUT2D eigenvalue weighted by Gasteiger charge is -2.16. The number of benzene rings is 1. The van der Waals surface area contributed by atoms with E-state index in [9.17, 15) is 18.0 Å². The molecule has 126 valence electrons. The van der Waals surface area contributed by atoms with Gasteiger partial charge in [-0.15, -0.1) is 0 Å². The van der Waals surface area contributed by atoms with Gasteiger partial charge in [-0.1, -0.05) is 18.2 Å². The fourth-order valence-corrected chi connectivity index (χ4v) is 4.05. The van der Waals surface area contributed by atoms with Gasteiger partial charge in [-0.3, -0.25) is 9.59 Å². The van der Waals surface area contributed by atoms with Crippen LogP contribution in [-0.2, 0) is 13.8 Å². The van der Waals surface area contributed by atoms with Gasteiger partial charge in [-0.05, 0) is 12.1 Å². The highest BCUT2D eigenvalue weighted by molar-refractivity contribution is 8.13. The van der Waals surface area contributed by atoms with Gasteiger partial charge >= 0.3 is 0 Å². The van der Waals surface area contributed by atoms with Gasteiger partial charge in [0.25, 0.3) is 5.56 Å². The summed E-state index contributed by atoms with van der Waals surface area (Å²) in [7, 11) is 1.57. The SMILES string of the molecule is O=C1CC(CS(=O)(=O)Cl)CN1c1cnn(-c2ccccc2)c(=O)c1. The molecule has 2 aromatic rings. The molecule has 0 radical (unpaired) electrons. The van der Waals surface area contributed by atoms with Gasteiger partial charge in [-0.2, -0.15) is 9.78 Å². The summed E-state index contributed by atoms with van der Waals surface area (Å²) in [5.41, 5.74) is 0.597. The first kappa shape index (κ1) is 16.7. The van der Waals surface area contributed by atoms with Crippen LogP contribution in [0.15, 0.2) is 47.4 Å². The first-order chi connectivity index (χ1) is 11.3. The number of amides is 1. The van der Waals surface area contributed by atoms with Crippen molar-refractivity contribution >= 4 is 31.3 Å². The van der Waals surface area contributed by atoms with Crippen LogP contribution in [0.3, 0.4) is 0 Å². The minimum absolute atomic E-state index is 0.0771. The first-order valence-electron chi connectivity index (χ1n) is 7.21. The molecule has 1 atom stereocenters. The number of aromatic nitrogens is 2. The Hall–Kier alpha value is -2.19. The van der Waals surface area contributed by atoms with Gasteiger partial charge in [0, 0.05) is 35.6 Å². The molecule has 1 aromatic heterocycles. The lowest BCUT2D eigenvalue weighted by atomic mass is 10.1. The number of anilines is 1. The second kappa shape index (κ2) is 6.37. The number of rotatable bonds is 4. The van der Waals surface area contributed by atoms with E-state index in [1.54, 1.807) is 24.3 Å². The van der Waals surface area contributed by atoms with Crippen LogP contribution in [0.1, 0.15) is 6.42 Å². The Morgan fingerprint density at radius 1 is 1.17 bits per heavy atom. The highest BCUT2D eigenvalue weighted by atomic mass is 35.7.